The van der Waals surface area contributed by atoms with Crippen LogP contribution in [0.2, 0.25) is 0 Å². The zero-order valence-electron chi connectivity index (χ0n) is 23.6. The molecule has 0 radical (unpaired) electrons. The van der Waals surface area contributed by atoms with Gasteiger partial charge in [0, 0.05) is 55.5 Å². The third kappa shape index (κ3) is 9.42. The number of Topliss-reactive ketones (excluding diaryl/α,β-unsaturated/α-hetero) is 1. The highest BCUT2D eigenvalue weighted by atomic mass is 19.4. The Balaban J connectivity index is 0.000000616. The molecule has 11 heteroatoms. The van der Waals surface area contributed by atoms with Gasteiger partial charge in [0.2, 0.25) is 0 Å². The fourth-order valence-corrected chi connectivity index (χ4v) is 4.51. The molecule has 0 spiro atoms. The number of aliphatic carboxylic acids is 1. The number of nitrogens with one attached hydrogen (secondary N) is 2. The van der Waals surface area contributed by atoms with E-state index in [0.29, 0.717) is 23.7 Å². The van der Waals surface area contributed by atoms with E-state index in [2.05, 4.69) is 52.8 Å². The molecule has 1 amide bonds. The predicted molar refractivity (Wildman–Crippen MR) is 152 cm³/mol. The molecule has 1 aliphatic heterocycles. The second kappa shape index (κ2) is 14.6. The minimum absolute atomic E-state index is 0.0619. The lowest BCUT2D eigenvalue weighted by atomic mass is 9.99. The van der Waals surface area contributed by atoms with Crippen LogP contribution < -0.4 is 15.4 Å². The summed E-state index contributed by atoms with van der Waals surface area (Å²) < 4.78 is 37.4. The Bertz CT molecular complexity index is 1410. The van der Waals surface area contributed by atoms with Gasteiger partial charge in [0.05, 0.1) is 7.11 Å². The largest absolute Gasteiger partial charge is 0.496 e. The van der Waals surface area contributed by atoms with Crippen molar-refractivity contribution in [2.45, 2.75) is 39.2 Å². The maximum atomic E-state index is 12.7. The summed E-state index contributed by atoms with van der Waals surface area (Å²) in [4.78, 5) is 35.7. The Kier molecular flexibility index (Phi) is 11.2. The highest BCUT2D eigenvalue weighted by molar-refractivity contribution is 5.99. The molecule has 0 aliphatic carbocycles. The summed E-state index contributed by atoms with van der Waals surface area (Å²) in [5.74, 6) is -2.24. The Morgan fingerprint density at radius 3 is 2.36 bits per heavy atom. The number of alkyl halides is 3. The average molecular weight is 586 g/mol. The van der Waals surface area contributed by atoms with Gasteiger partial charge in [-0.2, -0.15) is 13.2 Å². The first-order valence-corrected chi connectivity index (χ1v) is 13.3. The van der Waals surface area contributed by atoms with Crippen molar-refractivity contribution >= 4 is 17.7 Å². The number of methoxy groups -OCH3 is 1. The lowest BCUT2D eigenvalue weighted by Gasteiger charge is -2.31. The van der Waals surface area contributed by atoms with Gasteiger partial charge in [-0.15, -0.1) is 0 Å². The van der Waals surface area contributed by atoms with Gasteiger partial charge >= 0.3 is 12.1 Å². The molecule has 1 heterocycles. The van der Waals surface area contributed by atoms with Crippen molar-refractivity contribution in [3.8, 4) is 16.9 Å². The molecular weight excluding hydrogens is 551 g/mol. The van der Waals surface area contributed by atoms with Crippen molar-refractivity contribution in [1.82, 2.24) is 15.5 Å². The minimum atomic E-state index is -5.08. The van der Waals surface area contributed by atoms with Crippen molar-refractivity contribution in [3.05, 3.63) is 89.0 Å². The standard InChI is InChI=1S/C29H33N3O3.C2HF3O2/c1-20-18-32(13-12-30-20)19-23-6-4-8-25(14-23)27-15-22(10-11-28(27)35-3)17-31-29(34)26-9-5-7-24(16-26)21(2)33;3-2(4,5)1(6)7/h4-11,14-16,20,30H,12-13,17-19H2,1-3H3,(H,31,34);(H,6,7)/t20-;/m0./s1. The number of amides is 1. The topological polar surface area (TPSA) is 108 Å². The summed E-state index contributed by atoms with van der Waals surface area (Å²) in [5.41, 5.74) is 5.32. The molecule has 1 atom stereocenters. The van der Waals surface area contributed by atoms with Crippen LogP contribution >= 0.6 is 0 Å². The highest BCUT2D eigenvalue weighted by Gasteiger charge is 2.38. The third-order valence-corrected chi connectivity index (χ3v) is 6.59. The van der Waals surface area contributed by atoms with Crippen LogP contribution in [0.15, 0.2) is 66.7 Å². The Labute approximate surface area is 242 Å². The number of carboxylic acid groups (broad SMARTS) is 1. The van der Waals surface area contributed by atoms with Gasteiger partial charge in [0.15, 0.2) is 5.78 Å². The van der Waals surface area contributed by atoms with Gasteiger partial charge in [-0.3, -0.25) is 14.5 Å². The first-order chi connectivity index (χ1) is 19.9. The van der Waals surface area contributed by atoms with E-state index in [1.54, 1.807) is 31.4 Å². The van der Waals surface area contributed by atoms with Crippen molar-refractivity contribution in [2.24, 2.45) is 0 Å². The molecule has 0 saturated carbocycles. The molecule has 8 nitrogen and oxygen atoms in total. The van der Waals surface area contributed by atoms with Crippen LogP contribution in [0.5, 0.6) is 5.75 Å². The fourth-order valence-electron chi connectivity index (χ4n) is 4.51. The van der Waals surface area contributed by atoms with Crippen LogP contribution in [-0.4, -0.2) is 66.6 Å². The van der Waals surface area contributed by atoms with Crippen LogP contribution in [0.1, 0.15) is 45.7 Å². The second-order valence-electron chi connectivity index (χ2n) is 9.95. The third-order valence-electron chi connectivity index (χ3n) is 6.59. The van der Waals surface area contributed by atoms with Crippen LogP contribution in [0.25, 0.3) is 11.1 Å². The summed E-state index contributed by atoms with van der Waals surface area (Å²) in [6.07, 6.45) is -5.08. The number of piperazine rings is 1. The summed E-state index contributed by atoms with van der Waals surface area (Å²) >= 11 is 0. The quantitative estimate of drug-likeness (QED) is 0.322. The molecule has 3 aromatic rings. The SMILES string of the molecule is COc1ccc(CNC(=O)c2cccc(C(C)=O)c2)cc1-c1cccc(CN2CCN[C@@H](C)C2)c1.O=C(O)C(F)(F)F. The Morgan fingerprint density at radius 2 is 1.71 bits per heavy atom. The highest BCUT2D eigenvalue weighted by Crippen LogP contribution is 2.32. The molecule has 1 aliphatic rings. The number of nitrogens with zero attached hydrogens (tertiary/aromatic N) is 1. The molecule has 0 unspecified atom stereocenters. The number of rotatable bonds is 8. The lowest BCUT2D eigenvalue weighted by molar-refractivity contribution is -0.192. The smallest absolute Gasteiger partial charge is 0.490 e. The maximum Gasteiger partial charge on any atom is 0.490 e. The molecule has 0 aromatic heterocycles. The monoisotopic (exact) mass is 585 g/mol. The Morgan fingerprint density at radius 1 is 1.02 bits per heavy atom. The first-order valence-electron chi connectivity index (χ1n) is 13.3. The van der Waals surface area contributed by atoms with E-state index in [1.807, 2.05) is 12.1 Å². The van der Waals surface area contributed by atoms with Gasteiger partial charge < -0.3 is 20.5 Å². The molecule has 3 N–H and O–H groups in total. The first kappa shape index (κ1) is 32.3. The van der Waals surface area contributed by atoms with Crippen molar-refractivity contribution in [1.29, 1.82) is 0 Å². The lowest BCUT2D eigenvalue weighted by Crippen LogP contribution is -2.48. The van der Waals surface area contributed by atoms with E-state index in [-0.39, 0.29) is 11.7 Å². The molecule has 1 saturated heterocycles. The van der Waals surface area contributed by atoms with Gasteiger partial charge in [0.25, 0.3) is 5.91 Å². The number of ketones is 1. The predicted octanol–water partition coefficient (Wildman–Crippen LogP) is 4.92. The van der Waals surface area contributed by atoms with E-state index in [0.717, 1.165) is 48.6 Å². The molecule has 0 bridgehead atoms. The molecule has 4 rings (SSSR count). The normalized spacial score (nSPS) is 15.2. The number of carboxylic acids is 1. The van der Waals surface area contributed by atoms with E-state index >= 15 is 0 Å². The summed E-state index contributed by atoms with van der Waals surface area (Å²) in [7, 11) is 1.67. The van der Waals surface area contributed by atoms with Crippen LogP contribution in [0.3, 0.4) is 0 Å². The summed E-state index contributed by atoms with van der Waals surface area (Å²) in [6.45, 7) is 8.10. The summed E-state index contributed by atoms with van der Waals surface area (Å²) in [6, 6.07) is 21.8. The molecule has 3 aromatic carbocycles. The number of benzene rings is 3. The number of ether oxygens (including phenoxy) is 1. The number of halogens is 3. The zero-order valence-corrected chi connectivity index (χ0v) is 23.6. The van der Waals surface area contributed by atoms with Gasteiger partial charge in [-0.1, -0.05) is 36.4 Å². The van der Waals surface area contributed by atoms with Crippen LogP contribution in [0.4, 0.5) is 13.2 Å². The van der Waals surface area contributed by atoms with Gasteiger partial charge in [-0.05, 0) is 60.9 Å². The van der Waals surface area contributed by atoms with Crippen LogP contribution in [0, 0.1) is 0 Å². The molecule has 42 heavy (non-hydrogen) atoms. The molecule has 1 fully saturated rings. The van der Waals surface area contributed by atoms with Gasteiger partial charge in [-0.25, -0.2) is 4.79 Å². The number of carbonyl (C=O) groups excluding carboxylic acids is 2. The van der Waals surface area contributed by atoms with Crippen molar-refractivity contribution < 1.29 is 37.4 Å². The van der Waals surface area contributed by atoms with E-state index in [1.165, 1.54) is 12.5 Å². The number of hydrogen-bond acceptors (Lipinski definition) is 6. The van der Waals surface area contributed by atoms with E-state index in [4.69, 9.17) is 14.6 Å². The fraction of sp³-hybridized carbons (Fsp3) is 0.323. The van der Waals surface area contributed by atoms with Crippen molar-refractivity contribution in [2.75, 3.05) is 26.7 Å². The Hall–Kier alpha value is -4.22. The number of carbonyl (C=O) groups is 3. The van der Waals surface area contributed by atoms with E-state index < -0.39 is 12.1 Å². The second-order valence-corrected chi connectivity index (χ2v) is 9.95. The average Bonchev–Trinajstić information content (AvgIpc) is 2.96. The molecular formula is C31H34F3N3O5. The minimum Gasteiger partial charge on any atom is -0.496 e. The summed E-state index contributed by atoms with van der Waals surface area (Å²) in [5, 5.41) is 13.6. The van der Waals surface area contributed by atoms with E-state index in [9.17, 15) is 22.8 Å². The van der Waals surface area contributed by atoms with Gasteiger partial charge in [0.1, 0.15) is 5.75 Å². The number of hydrogen-bond donors (Lipinski definition) is 3. The maximum absolute atomic E-state index is 12.7. The van der Waals surface area contributed by atoms with Crippen molar-refractivity contribution in [3.63, 3.8) is 0 Å². The van der Waals surface area contributed by atoms with Crippen LogP contribution in [-0.2, 0) is 17.9 Å². The zero-order chi connectivity index (χ0) is 30.9. The molecule has 224 valence electrons.